The van der Waals surface area contributed by atoms with E-state index in [1.807, 2.05) is 55.5 Å². The van der Waals surface area contributed by atoms with Gasteiger partial charge in [0.1, 0.15) is 11.3 Å². The number of nitrogens with zero attached hydrogens (tertiary/aromatic N) is 2. The van der Waals surface area contributed by atoms with Gasteiger partial charge in [0, 0.05) is 29.2 Å². The summed E-state index contributed by atoms with van der Waals surface area (Å²) in [5.74, 6) is 0.374. The zero-order valence-electron chi connectivity index (χ0n) is 16.6. The molecular formula is C22H21N3O4S. The first kappa shape index (κ1) is 20.0. The number of aromatic hydroxyl groups is 1. The van der Waals surface area contributed by atoms with Crippen LogP contribution in [-0.2, 0) is 7.05 Å². The van der Waals surface area contributed by atoms with E-state index in [4.69, 9.17) is 9.73 Å². The molecule has 2 N–H and O–H groups in total. The Kier molecular flexibility index (Phi) is 5.50. The van der Waals surface area contributed by atoms with Crippen LogP contribution in [0.1, 0.15) is 29.7 Å². The van der Waals surface area contributed by atoms with E-state index < -0.39 is 17.1 Å². The number of aliphatic imine (C=N–C) groups is 1. The van der Waals surface area contributed by atoms with Crippen LogP contribution in [0.15, 0.2) is 68.0 Å². The van der Waals surface area contributed by atoms with Gasteiger partial charge in [-0.15, -0.1) is 11.8 Å². The van der Waals surface area contributed by atoms with Crippen LogP contribution in [0.5, 0.6) is 11.6 Å². The smallest absolute Gasteiger partial charge is 0.330 e. The summed E-state index contributed by atoms with van der Waals surface area (Å²) in [6, 6.07) is 15.4. The first-order valence-electron chi connectivity index (χ1n) is 9.57. The standard InChI is InChI=1S/C22H21N3O4S/c1-3-29-16-10-6-4-8-13(16)18-12-15(23-14-9-5-7-11-17(14)30-18)19-20(26)24-22(28)25(2)21(19)27/h4-11,18,27H,3,12H2,1-2H3,(H,24,26,28)/t18-/m1/s1. The number of ether oxygens (including phenoxy) is 1. The van der Waals surface area contributed by atoms with E-state index in [-0.39, 0.29) is 10.8 Å². The molecule has 7 nitrogen and oxygen atoms in total. The lowest BCUT2D eigenvalue weighted by Gasteiger charge is -2.19. The van der Waals surface area contributed by atoms with Crippen LogP contribution in [0.4, 0.5) is 5.69 Å². The molecule has 8 heteroatoms. The van der Waals surface area contributed by atoms with Gasteiger partial charge in [-0.2, -0.15) is 0 Å². The molecule has 0 saturated heterocycles. The van der Waals surface area contributed by atoms with Crippen molar-refractivity contribution in [2.75, 3.05) is 6.61 Å². The summed E-state index contributed by atoms with van der Waals surface area (Å²) in [4.78, 5) is 32.4. The highest BCUT2D eigenvalue weighted by Gasteiger charge is 2.28. The molecule has 0 saturated carbocycles. The Hall–Kier alpha value is -3.26. The number of fused-ring (bicyclic) bond motifs is 1. The average molecular weight is 423 g/mol. The maximum Gasteiger partial charge on any atom is 0.330 e. The van der Waals surface area contributed by atoms with Gasteiger partial charge in [0.05, 0.1) is 18.0 Å². The van der Waals surface area contributed by atoms with Gasteiger partial charge < -0.3 is 9.84 Å². The van der Waals surface area contributed by atoms with Crippen molar-refractivity contribution >= 4 is 23.2 Å². The number of benzene rings is 2. The number of H-pyrrole nitrogens is 1. The van der Waals surface area contributed by atoms with E-state index in [9.17, 15) is 14.7 Å². The summed E-state index contributed by atoms with van der Waals surface area (Å²) in [6.45, 7) is 2.47. The highest BCUT2D eigenvalue weighted by atomic mass is 32.2. The molecule has 0 amide bonds. The quantitative estimate of drug-likeness (QED) is 0.669. The van der Waals surface area contributed by atoms with Crippen LogP contribution in [0.25, 0.3) is 0 Å². The lowest BCUT2D eigenvalue weighted by atomic mass is 10.0. The molecule has 0 unspecified atom stereocenters. The normalized spacial score (nSPS) is 15.8. The van der Waals surface area contributed by atoms with E-state index in [0.717, 1.165) is 20.8 Å². The average Bonchev–Trinajstić information content (AvgIpc) is 2.92. The van der Waals surface area contributed by atoms with Gasteiger partial charge in [-0.05, 0) is 25.1 Å². The number of aromatic amines is 1. The molecule has 0 spiro atoms. The summed E-state index contributed by atoms with van der Waals surface area (Å²) in [7, 11) is 1.40. The second-order valence-electron chi connectivity index (χ2n) is 6.82. The van der Waals surface area contributed by atoms with Crippen LogP contribution < -0.4 is 16.0 Å². The molecule has 1 aromatic heterocycles. The van der Waals surface area contributed by atoms with Crippen molar-refractivity contribution in [2.45, 2.75) is 23.5 Å². The maximum atomic E-state index is 12.6. The minimum Gasteiger partial charge on any atom is -0.494 e. The van der Waals surface area contributed by atoms with Crippen LogP contribution in [-0.4, -0.2) is 27.0 Å². The summed E-state index contributed by atoms with van der Waals surface area (Å²) in [6.07, 6.45) is 0.373. The molecule has 1 aliphatic heterocycles. The molecule has 3 aromatic rings. The predicted octanol–water partition coefficient (Wildman–Crippen LogP) is 3.54. The third-order valence-corrected chi connectivity index (χ3v) is 6.22. The highest BCUT2D eigenvalue weighted by molar-refractivity contribution is 7.99. The third kappa shape index (κ3) is 3.66. The number of aromatic nitrogens is 2. The van der Waals surface area contributed by atoms with Gasteiger partial charge >= 0.3 is 5.69 Å². The number of hydrogen-bond acceptors (Lipinski definition) is 6. The molecular weight excluding hydrogens is 402 g/mol. The van der Waals surface area contributed by atoms with E-state index in [0.29, 0.717) is 24.4 Å². The molecule has 2 aromatic carbocycles. The number of nitrogens with one attached hydrogen (secondary N) is 1. The first-order chi connectivity index (χ1) is 14.5. The maximum absolute atomic E-state index is 12.6. The second-order valence-corrected chi connectivity index (χ2v) is 8.07. The second kappa shape index (κ2) is 8.23. The molecule has 0 bridgehead atoms. The van der Waals surface area contributed by atoms with E-state index in [1.54, 1.807) is 11.8 Å². The Bertz CT molecular complexity index is 1250. The Balaban J connectivity index is 1.91. The molecule has 30 heavy (non-hydrogen) atoms. The zero-order chi connectivity index (χ0) is 21.3. The van der Waals surface area contributed by atoms with E-state index >= 15 is 0 Å². The van der Waals surface area contributed by atoms with Crippen molar-refractivity contribution in [2.24, 2.45) is 12.0 Å². The summed E-state index contributed by atoms with van der Waals surface area (Å²) < 4.78 is 6.83. The van der Waals surface area contributed by atoms with E-state index in [2.05, 4.69) is 4.98 Å². The van der Waals surface area contributed by atoms with Gasteiger partial charge in [0.25, 0.3) is 5.56 Å². The monoisotopic (exact) mass is 423 g/mol. The molecule has 1 aliphatic rings. The molecule has 0 radical (unpaired) electrons. The Morgan fingerprint density at radius 2 is 1.93 bits per heavy atom. The van der Waals surface area contributed by atoms with Gasteiger partial charge in [-0.25, -0.2) is 4.79 Å². The third-order valence-electron chi connectivity index (χ3n) is 4.92. The van der Waals surface area contributed by atoms with Gasteiger partial charge in [0.15, 0.2) is 0 Å². The molecule has 0 fully saturated rings. The molecule has 154 valence electrons. The molecule has 4 rings (SSSR count). The Morgan fingerprint density at radius 3 is 2.73 bits per heavy atom. The number of thioether (sulfide) groups is 1. The number of rotatable bonds is 4. The number of para-hydroxylation sites is 2. The summed E-state index contributed by atoms with van der Waals surface area (Å²) in [5.41, 5.74) is 0.779. The molecule has 1 atom stereocenters. The minimum atomic E-state index is -0.677. The van der Waals surface area contributed by atoms with Crippen molar-refractivity contribution in [3.8, 4) is 11.6 Å². The van der Waals surface area contributed by atoms with Crippen molar-refractivity contribution < 1.29 is 9.84 Å². The topological polar surface area (TPSA) is 96.7 Å². The van der Waals surface area contributed by atoms with Gasteiger partial charge in [-0.1, -0.05) is 30.3 Å². The van der Waals surface area contributed by atoms with Crippen molar-refractivity contribution in [1.29, 1.82) is 0 Å². The van der Waals surface area contributed by atoms with Crippen LogP contribution in [0, 0.1) is 0 Å². The van der Waals surface area contributed by atoms with Gasteiger partial charge in [0.2, 0.25) is 5.88 Å². The van der Waals surface area contributed by atoms with Crippen molar-refractivity contribution in [3.05, 3.63) is 80.5 Å². The Morgan fingerprint density at radius 1 is 1.20 bits per heavy atom. The van der Waals surface area contributed by atoms with Crippen LogP contribution >= 0.6 is 11.8 Å². The van der Waals surface area contributed by atoms with E-state index in [1.165, 1.54) is 7.05 Å². The lowest BCUT2D eigenvalue weighted by molar-refractivity contribution is 0.336. The van der Waals surface area contributed by atoms with Gasteiger partial charge in [-0.3, -0.25) is 19.3 Å². The first-order valence-corrected chi connectivity index (χ1v) is 10.4. The summed E-state index contributed by atoms with van der Waals surface area (Å²) in [5, 5.41) is 10.5. The zero-order valence-corrected chi connectivity index (χ0v) is 17.4. The fourth-order valence-corrected chi connectivity index (χ4v) is 4.71. The van der Waals surface area contributed by atoms with Crippen LogP contribution in [0.3, 0.4) is 0 Å². The van der Waals surface area contributed by atoms with Crippen LogP contribution in [0.2, 0.25) is 0 Å². The highest BCUT2D eigenvalue weighted by Crippen LogP contribution is 2.47. The molecule has 2 heterocycles. The molecule has 0 aliphatic carbocycles. The lowest BCUT2D eigenvalue weighted by Crippen LogP contribution is -2.32. The predicted molar refractivity (Wildman–Crippen MR) is 117 cm³/mol. The SMILES string of the molecule is CCOc1ccccc1[C@H]1CC(c2c(O)n(C)c(=O)[nH]c2=O)=Nc2ccccc2S1. The minimum absolute atomic E-state index is 0.00768. The fraction of sp³-hybridized carbons (Fsp3) is 0.227. The van der Waals surface area contributed by atoms with Crippen molar-refractivity contribution in [1.82, 2.24) is 9.55 Å². The van der Waals surface area contributed by atoms with Crippen molar-refractivity contribution in [3.63, 3.8) is 0 Å². The fourth-order valence-electron chi connectivity index (χ4n) is 3.44. The largest absolute Gasteiger partial charge is 0.494 e. The summed E-state index contributed by atoms with van der Waals surface area (Å²) >= 11 is 1.63. The number of hydrogen-bond donors (Lipinski definition) is 2. The Labute approximate surface area is 177 Å².